The van der Waals surface area contributed by atoms with E-state index in [4.69, 9.17) is 10.1 Å². The molecular formula is C18H20N2O2. The number of carboxylic acid groups (broad SMARTS) is 1. The van der Waals surface area contributed by atoms with E-state index in [2.05, 4.69) is 17.4 Å². The summed E-state index contributed by atoms with van der Waals surface area (Å²) in [7, 11) is 0. The summed E-state index contributed by atoms with van der Waals surface area (Å²) in [6, 6.07) is 11.3. The molecule has 0 saturated heterocycles. The summed E-state index contributed by atoms with van der Waals surface area (Å²) < 4.78 is 0. The molecule has 0 bridgehead atoms. The first-order valence-corrected chi connectivity index (χ1v) is 7.73. The monoisotopic (exact) mass is 296 g/mol. The molecule has 2 N–H and O–H groups in total. The zero-order valence-electron chi connectivity index (χ0n) is 12.5. The van der Waals surface area contributed by atoms with Crippen LogP contribution in [0.5, 0.6) is 0 Å². The van der Waals surface area contributed by atoms with Crippen molar-refractivity contribution in [3.8, 4) is 0 Å². The van der Waals surface area contributed by atoms with Crippen molar-refractivity contribution in [3.05, 3.63) is 64.5 Å². The van der Waals surface area contributed by atoms with Gasteiger partial charge in [0.15, 0.2) is 0 Å². The lowest BCUT2D eigenvalue weighted by Crippen LogP contribution is -2.15. The van der Waals surface area contributed by atoms with Crippen molar-refractivity contribution < 1.29 is 9.90 Å². The van der Waals surface area contributed by atoms with E-state index >= 15 is 0 Å². The van der Waals surface area contributed by atoms with Crippen molar-refractivity contribution >= 4 is 5.97 Å². The second kappa shape index (κ2) is 6.71. The number of aromatic carboxylic acids is 1. The number of nitrogens with zero attached hydrogens (tertiary/aromatic N) is 1. The van der Waals surface area contributed by atoms with Gasteiger partial charge in [-0.25, -0.2) is 4.79 Å². The van der Waals surface area contributed by atoms with E-state index < -0.39 is 5.97 Å². The summed E-state index contributed by atoms with van der Waals surface area (Å²) >= 11 is 0. The van der Waals surface area contributed by atoms with Gasteiger partial charge in [-0.2, -0.15) is 0 Å². The molecule has 3 rings (SSSR count). The number of carbonyl (C=O) groups is 1. The summed E-state index contributed by atoms with van der Waals surface area (Å²) in [6.07, 6.45) is 4.74. The van der Waals surface area contributed by atoms with Crippen molar-refractivity contribution in [3.63, 3.8) is 0 Å². The van der Waals surface area contributed by atoms with Crippen LogP contribution in [0, 0.1) is 0 Å². The summed E-state index contributed by atoms with van der Waals surface area (Å²) in [4.78, 5) is 15.7. The molecule has 0 aliphatic heterocycles. The highest BCUT2D eigenvalue weighted by Crippen LogP contribution is 2.19. The molecule has 114 valence electrons. The molecule has 1 aromatic heterocycles. The van der Waals surface area contributed by atoms with Crippen LogP contribution in [-0.2, 0) is 25.9 Å². The molecule has 1 aliphatic rings. The quantitative estimate of drug-likeness (QED) is 0.890. The number of aryl methyl sites for hydroxylation is 2. The lowest BCUT2D eigenvalue weighted by atomic mass is 9.96. The maximum Gasteiger partial charge on any atom is 0.335 e. The van der Waals surface area contributed by atoms with Gasteiger partial charge in [0.25, 0.3) is 0 Å². The SMILES string of the molecule is O=C(O)c1cccc(CNCc2ccc3c(n2)CCCC3)c1. The fourth-order valence-corrected chi connectivity index (χ4v) is 2.88. The van der Waals surface area contributed by atoms with Crippen LogP contribution in [0.2, 0.25) is 0 Å². The van der Waals surface area contributed by atoms with Gasteiger partial charge in [-0.3, -0.25) is 4.98 Å². The van der Waals surface area contributed by atoms with E-state index in [1.54, 1.807) is 18.2 Å². The van der Waals surface area contributed by atoms with Gasteiger partial charge in [-0.05, 0) is 55.0 Å². The molecule has 0 spiro atoms. The van der Waals surface area contributed by atoms with Crippen molar-refractivity contribution in [2.24, 2.45) is 0 Å². The van der Waals surface area contributed by atoms with Crippen molar-refractivity contribution in [2.45, 2.75) is 38.8 Å². The average Bonchev–Trinajstić information content (AvgIpc) is 2.55. The van der Waals surface area contributed by atoms with E-state index in [9.17, 15) is 4.79 Å². The number of hydrogen-bond acceptors (Lipinski definition) is 3. The minimum atomic E-state index is -0.891. The van der Waals surface area contributed by atoms with Crippen LogP contribution in [0.3, 0.4) is 0 Å². The van der Waals surface area contributed by atoms with Crippen LogP contribution in [0.4, 0.5) is 0 Å². The van der Waals surface area contributed by atoms with Gasteiger partial charge in [-0.15, -0.1) is 0 Å². The topological polar surface area (TPSA) is 62.2 Å². The fourth-order valence-electron chi connectivity index (χ4n) is 2.88. The number of carboxylic acids is 1. The molecule has 4 nitrogen and oxygen atoms in total. The number of nitrogens with one attached hydrogen (secondary N) is 1. The number of rotatable bonds is 5. The minimum absolute atomic E-state index is 0.325. The van der Waals surface area contributed by atoms with Crippen molar-refractivity contribution in [1.29, 1.82) is 0 Å². The second-order valence-corrected chi connectivity index (χ2v) is 5.72. The number of aromatic nitrogens is 1. The third-order valence-corrected chi connectivity index (χ3v) is 4.05. The van der Waals surface area contributed by atoms with Gasteiger partial charge < -0.3 is 10.4 Å². The van der Waals surface area contributed by atoms with Gasteiger partial charge in [0, 0.05) is 18.8 Å². The first kappa shape index (κ1) is 14.7. The Morgan fingerprint density at radius 3 is 2.86 bits per heavy atom. The van der Waals surface area contributed by atoms with Gasteiger partial charge in [0.1, 0.15) is 0 Å². The van der Waals surface area contributed by atoms with Crippen LogP contribution >= 0.6 is 0 Å². The van der Waals surface area contributed by atoms with Crippen molar-refractivity contribution in [2.75, 3.05) is 0 Å². The average molecular weight is 296 g/mol. The predicted molar refractivity (Wildman–Crippen MR) is 84.8 cm³/mol. The maximum absolute atomic E-state index is 11.0. The smallest absolute Gasteiger partial charge is 0.335 e. The Morgan fingerprint density at radius 2 is 2.00 bits per heavy atom. The molecule has 0 radical (unpaired) electrons. The Balaban J connectivity index is 1.59. The van der Waals surface area contributed by atoms with Gasteiger partial charge >= 0.3 is 5.97 Å². The summed E-state index contributed by atoms with van der Waals surface area (Å²) in [5.41, 5.74) is 4.99. The van der Waals surface area contributed by atoms with Gasteiger partial charge in [-0.1, -0.05) is 18.2 Å². The molecule has 0 atom stereocenters. The first-order chi connectivity index (χ1) is 10.7. The fraction of sp³-hybridized carbons (Fsp3) is 0.333. The second-order valence-electron chi connectivity index (χ2n) is 5.72. The van der Waals surface area contributed by atoms with Crippen LogP contribution < -0.4 is 5.32 Å². The predicted octanol–water partition coefficient (Wildman–Crippen LogP) is 2.95. The largest absolute Gasteiger partial charge is 0.478 e. The first-order valence-electron chi connectivity index (χ1n) is 7.73. The number of pyridine rings is 1. The van der Waals surface area contributed by atoms with E-state index in [0.717, 1.165) is 24.1 Å². The summed E-state index contributed by atoms with van der Waals surface area (Å²) in [5, 5.41) is 12.3. The molecule has 1 aliphatic carbocycles. The molecule has 22 heavy (non-hydrogen) atoms. The molecule has 1 heterocycles. The van der Waals surface area contributed by atoms with Gasteiger partial charge in [0.05, 0.1) is 11.3 Å². The van der Waals surface area contributed by atoms with Crippen LogP contribution in [0.1, 0.15) is 45.7 Å². The Bertz CT molecular complexity index is 683. The molecule has 0 saturated carbocycles. The van der Waals surface area contributed by atoms with Crippen LogP contribution in [0.15, 0.2) is 36.4 Å². The highest BCUT2D eigenvalue weighted by Gasteiger charge is 2.10. The summed E-state index contributed by atoms with van der Waals surface area (Å²) in [6.45, 7) is 1.34. The van der Waals surface area contributed by atoms with Crippen LogP contribution in [0.25, 0.3) is 0 Å². The highest BCUT2D eigenvalue weighted by molar-refractivity contribution is 5.87. The molecule has 4 heteroatoms. The zero-order valence-corrected chi connectivity index (χ0v) is 12.5. The molecule has 0 unspecified atom stereocenters. The maximum atomic E-state index is 11.0. The molecule has 2 aromatic rings. The number of fused-ring (bicyclic) bond motifs is 1. The van der Waals surface area contributed by atoms with E-state index in [0.29, 0.717) is 18.7 Å². The highest BCUT2D eigenvalue weighted by atomic mass is 16.4. The van der Waals surface area contributed by atoms with Crippen molar-refractivity contribution in [1.82, 2.24) is 10.3 Å². The Hall–Kier alpha value is -2.20. The minimum Gasteiger partial charge on any atom is -0.478 e. The van der Waals surface area contributed by atoms with E-state index in [1.807, 2.05) is 6.07 Å². The lowest BCUT2D eigenvalue weighted by Gasteiger charge is -2.15. The number of benzene rings is 1. The Labute approximate surface area is 130 Å². The van der Waals surface area contributed by atoms with E-state index in [-0.39, 0.29) is 0 Å². The van der Waals surface area contributed by atoms with Crippen LogP contribution in [-0.4, -0.2) is 16.1 Å². The zero-order chi connectivity index (χ0) is 15.4. The molecule has 0 fully saturated rings. The third kappa shape index (κ3) is 3.52. The molecule has 0 amide bonds. The molecule has 1 aromatic carbocycles. The standard InChI is InChI=1S/C18H20N2O2/c21-18(22)15-6-3-4-13(10-15)11-19-12-16-9-8-14-5-1-2-7-17(14)20-16/h3-4,6,8-10,19H,1-2,5,7,11-12H2,(H,21,22). The normalized spacial score (nSPS) is 13.6. The third-order valence-electron chi connectivity index (χ3n) is 4.05. The summed E-state index contributed by atoms with van der Waals surface area (Å²) in [5.74, 6) is -0.891. The Kier molecular flexibility index (Phi) is 4.49. The Morgan fingerprint density at radius 1 is 1.14 bits per heavy atom. The van der Waals surface area contributed by atoms with Gasteiger partial charge in [0.2, 0.25) is 0 Å². The number of hydrogen-bond donors (Lipinski definition) is 2. The lowest BCUT2D eigenvalue weighted by molar-refractivity contribution is 0.0696. The molecular weight excluding hydrogens is 276 g/mol. The van der Waals surface area contributed by atoms with E-state index in [1.165, 1.54) is 24.1 Å².